The molecule has 0 bridgehead atoms. The topological polar surface area (TPSA) is 148 Å². The summed E-state index contributed by atoms with van der Waals surface area (Å²) in [5, 5.41) is 41.9. The van der Waals surface area contributed by atoms with Gasteiger partial charge in [-0.1, -0.05) is 0 Å². The Hall–Kier alpha value is -2.19. The van der Waals surface area contributed by atoms with Gasteiger partial charge in [0.15, 0.2) is 0 Å². The highest BCUT2D eigenvalue weighted by Crippen LogP contribution is 2.23. The van der Waals surface area contributed by atoms with Gasteiger partial charge in [0.05, 0.1) is 18.9 Å². The van der Waals surface area contributed by atoms with Crippen molar-refractivity contribution in [3.63, 3.8) is 0 Å². The van der Waals surface area contributed by atoms with Crippen molar-refractivity contribution in [1.29, 1.82) is 0 Å². The van der Waals surface area contributed by atoms with Crippen molar-refractivity contribution < 1.29 is 35.1 Å². The molecule has 0 atom stereocenters. The number of aliphatic hydroxyl groups is 2. The second kappa shape index (κ2) is 10.7. The molecule has 0 aliphatic heterocycles. The number of aliphatic hydroxyl groups excluding tert-OH is 2. The van der Waals surface area contributed by atoms with Crippen LogP contribution in [0.25, 0.3) is 0 Å². The Labute approximate surface area is 116 Å². The molecule has 0 aliphatic rings. The van der Waals surface area contributed by atoms with E-state index in [-0.39, 0.29) is 19.0 Å². The average Bonchev–Trinajstić information content (AvgIpc) is 2.31. The zero-order valence-corrected chi connectivity index (χ0v) is 11.5. The third-order valence-electron chi connectivity index (χ3n) is 1.76. The van der Waals surface area contributed by atoms with Crippen molar-refractivity contribution in [2.45, 2.75) is 34.0 Å². The number of nitrogens with zero attached hydrogens (tertiary/aromatic N) is 1. The van der Waals surface area contributed by atoms with E-state index in [9.17, 15) is 5.11 Å². The number of rotatable bonds is 2. The summed E-state index contributed by atoms with van der Waals surface area (Å²) in [4.78, 5) is 21.8. The van der Waals surface area contributed by atoms with Crippen molar-refractivity contribution in [3.05, 3.63) is 23.0 Å². The summed E-state index contributed by atoms with van der Waals surface area (Å²) in [7, 11) is 0. The minimum atomic E-state index is -0.833. The Morgan fingerprint density at radius 1 is 1.10 bits per heavy atom. The lowest BCUT2D eigenvalue weighted by atomic mass is 10.1. The molecule has 0 spiro atoms. The highest BCUT2D eigenvalue weighted by molar-refractivity contribution is 5.63. The Bertz CT molecular complexity index is 426. The molecule has 0 aliphatic carbocycles. The summed E-state index contributed by atoms with van der Waals surface area (Å²) in [6.45, 7) is 3.29. The van der Waals surface area contributed by atoms with Crippen molar-refractivity contribution in [2.24, 2.45) is 0 Å². The molecule has 1 rings (SSSR count). The van der Waals surface area contributed by atoms with Crippen molar-refractivity contribution in [1.82, 2.24) is 4.98 Å². The maximum atomic E-state index is 9.38. The van der Waals surface area contributed by atoms with Gasteiger partial charge in [-0.25, -0.2) is 0 Å². The van der Waals surface area contributed by atoms with Crippen LogP contribution < -0.4 is 0 Å². The summed E-state index contributed by atoms with van der Waals surface area (Å²) < 4.78 is 0. The highest BCUT2D eigenvalue weighted by atomic mass is 16.4. The number of carbonyl (C=O) groups is 2. The molecule has 0 fully saturated rings. The number of pyridine rings is 1. The summed E-state index contributed by atoms with van der Waals surface area (Å²) in [5.74, 6) is -1.70. The quantitative estimate of drug-likeness (QED) is 0.520. The van der Waals surface area contributed by atoms with Gasteiger partial charge in [0.25, 0.3) is 11.9 Å². The molecule has 20 heavy (non-hydrogen) atoms. The van der Waals surface area contributed by atoms with Crippen LogP contribution in [0.2, 0.25) is 0 Å². The van der Waals surface area contributed by atoms with Crippen molar-refractivity contribution in [2.75, 3.05) is 0 Å². The molecule has 1 aromatic rings. The molecule has 0 saturated heterocycles. The van der Waals surface area contributed by atoms with Crippen LogP contribution in [0, 0.1) is 6.92 Å². The van der Waals surface area contributed by atoms with Gasteiger partial charge in [0.1, 0.15) is 5.75 Å². The monoisotopic (exact) mass is 289 g/mol. The average molecular weight is 289 g/mol. The number of aromatic hydroxyl groups is 1. The fraction of sp³-hybridized carbons (Fsp3) is 0.417. The fourth-order valence-corrected chi connectivity index (χ4v) is 0.997. The molecule has 0 unspecified atom stereocenters. The predicted molar refractivity (Wildman–Crippen MR) is 69.1 cm³/mol. The van der Waals surface area contributed by atoms with E-state index in [0.29, 0.717) is 16.8 Å². The van der Waals surface area contributed by atoms with Crippen LogP contribution in [0.3, 0.4) is 0 Å². The number of carboxylic acid groups (broad SMARTS) is 2. The number of hydrogen-bond acceptors (Lipinski definition) is 6. The molecule has 0 saturated carbocycles. The van der Waals surface area contributed by atoms with Gasteiger partial charge in [-0.3, -0.25) is 14.6 Å². The summed E-state index contributed by atoms with van der Waals surface area (Å²) >= 11 is 0. The summed E-state index contributed by atoms with van der Waals surface area (Å²) in [6.07, 6.45) is 1.45. The number of aryl methyl sites for hydroxylation is 1. The lowest BCUT2D eigenvalue weighted by Crippen LogP contribution is -1.98. The van der Waals surface area contributed by atoms with Crippen LogP contribution >= 0.6 is 0 Å². The summed E-state index contributed by atoms with van der Waals surface area (Å²) in [6, 6.07) is 0. The smallest absolute Gasteiger partial charge is 0.300 e. The molecule has 114 valence electrons. The fourth-order valence-electron chi connectivity index (χ4n) is 0.997. The van der Waals surface area contributed by atoms with Gasteiger partial charge in [-0.15, -0.1) is 0 Å². The lowest BCUT2D eigenvalue weighted by Gasteiger charge is -2.07. The Balaban J connectivity index is 0. The van der Waals surface area contributed by atoms with Gasteiger partial charge in [0, 0.05) is 31.2 Å². The predicted octanol–water partition coefficient (Wildman–Crippen LogP) is 0.262. The SMILES string of the molecule is CC(=O)O.CC(=O)O.Cc1ncc(CO)c(CO)c1O. The largest absolute Gasteiger partial charge is 0.506 e. The van der Waals surface area contributed by atoms with Gasteiger partial charge in [-0.2, -0.15) is 0 Å². The molecule has 1 aromatic heterocycles. The maximum absolute atomic E-state index is 9.38. The van der Waals surface area contributed by atoms with Crippen LogP contribution in [0.4, 0.5) is 0 Å². The second-order valence-corrected chi connectivity index (χ2v) is 3.55. The van der Waals surface area contributed by atoms with E-state index in [1.807, 2.05) is 0 Å². The highest BCUT2D eigenvalue weighted by Gasteiger charge is 2.09. The molecular weight excluding hydrogens is 270 g/mol. The molecule has 5 N–H and O–H groups in total. The van der Waals surface area contributed by atoms with E-state index in [1.54, 1.807) is 6.92 Å². The van der Waals surface area contributed by atoms with Crippen molar-refractivity contribution in [3.8, 4) is 5.75 Å². The van der Waals surface area contributed by atoms with E-state index >= 15 is 0 Å². The lowest BCUT2D eigenvalue weighted by molar-refractivity contribution is -0.135. The van der Waals surface area contributed by atoms with Gasteiger partial charge >= 0.3 is 0 Å². The molecule has 8 heteroatoms. The van der Waals surface area contributed by atoms with E-state index < -0.39 is 11.9 Å². The first kappa shape index (κ1) is 20.1. The summed E-state index contributed by atoms with van der Waals surface area (Å²) in [5.41, 5.74) is 1.27. The van der Waals surface area contributed by atoms with E-state index in [2.05, 4.69) is 4.98 Å². The molecule has 0 amide bonds. The molecule has 0 aromatic carbocycles. The minimum Gasteiger partial charge on any atom is -0.506 e. The Kier molecular flexibility index (Phi) is 10.8. The van der Waals surface area contributed by atoms with E-state index in [4.69, 9.17) is 30.0 Å². The van der Waals surface area contributed by atoms with Gasteiger partial charge in [-0.05, 0) is 6.92 Å². The zero-order chi connectivity index (χ0) is 16.3. The first-order valence-electron chi connectivity index (χ1n) is 5.44. The Morgan fingerprint density at radius 3 is 1.80 bits per heavy atom. The molecule has 0 radical (unpaired) electrons. The number of hydrogen-bond donors (Lipinski definition) is 5. The number of carboxylic acids is 2. The third-order valence-corrected chi connectivity index (χ3v) is 1.76. The standard InChI is InChI=1S/C8H11NO3.2C2H4O2/c1-5-8(12)7(4-11)6(3-10)2-9-5;2*1-2(3)4/h2,10-12H,3-4H2,1H3;2*1H3,(H,3,4). The van der Waals surface area contributed by atoms with Gasteiger partial charge in [0.2, 0.25) is 0 Å². The first-order valence-corrected chi connectivity index (χ1v) is 5.44. The first-order chi connectivity index (χ1) is 9.17. The third kappa shape index (κ3) is 9.80. The Morgan fingerprint density at radius 2 is 1.50 bits per heavy atom. The van der Waals surface area contributed by atoms with Crippen LogP contribution in [0.5, 0.6) is 5.75 Å². The minimum absolute atomic E-state index is 0.0379. The second-order valence-electron chi connectivity index (χ2n) is 3.55. The molecular formula is C12H19NO7. The van der Waals surface area contributed by atoms with Crippen LogP contribution in [0.15, 0.2) is 6.20 Å². The zero-order valence-electron chi connectivity index (χ0n) is 11.5. The van der Waals surface area contributed by atoms with Crippen LogP contribution in [-0.4, -0.2) is 42.5 Å². The van der Waals surface area contributed by atoms with Crippen LogP contribution in [0.1, 0.15) is 30.7 Å². The number of aromatic nitrogens is 1. The van der Waals surface area contributed by atoms with E-state index in [1.165, 1.54) is 6.20 Å². The number of aliphatic carboxylic acids is 2. The van der Waals surface area contributed by atoms with Gasteiger partial charge < -0.3 is 25.5 Å². The van der Waals surface area contributed by atoms with Crippen LogP contribution in [-0.2, 0) is 22.8 Å². The van der Waals surface area contributed by atoms with E-state index in [0.717, 1.165) is 13.8 Å². The maximum Gasteiger partial charge on any atom is 0.300 e. The normalized spacial score (nSPS) is 8.65. The molecule has 8 nitrogen and oxygen atoms in total. The molecule has 1 heterocycles. The van der Waals surface area contributed by atoms with Crippen molar-refractivity contribution >= 4 is 11.9 Å².